The van der Waals surface area contributed by atoms with Crippen LogP contribution in [0.1, 0.15) is 43.7 Å². The van der Waals surface area contributed by atoms with E-state index < -0.39 is 59.2 Å². The van der Waals surface area contributed by atoms with Crippen LogP contribution >= 0.6 is 27.5 Å². The molecule has 228 valence electrons. The Bertz CT molecular complexity index is 1830. The number of hydrogen-bond acceptors (Lipinski definition) is 4. The second-order valence-corrected chi connectivity index (χ2v) is 11.0. The van der Waals surface area contributed by atoms with Gasteiger partial charge >= 0.3 is 6.18 Å². The van der Waals surface area contributed by atoms with Crippen LogP contribution in [0.2, 0.25) is 5.02 Å². The normalized spacial score (nSPS) is 14.5. The lowest BCUT2D eigenvalue weighted by molar-refractivity contribution is -0.137. The molecule has 4 N–H and O–H groups in total. The summed E-state index contributed by atoms with van der Waals surface area (Å²) in [6.07, 6.45) is -4.93. The van der Waals surface area contributed by atoms with E-state index >= 15 is 0 Å². The molecule has 1 aliphatic heterocycles. The number of alkyl halides is 3. The molecule has 8 nitrogen and oxygen atoms in total. The summed E-state index contributed by atoms with van der Waals surface area (Å²) in [7, 11) is 1.64. The zero-order valence-corrected chi connectivity index (χ0v) is 24.7. The van der Waals surface area contributed by atoms with Crippen molar-refractivity contribution in [1.82, 2.24) is 9.88 Å². The lowest BCUT2D eigenvalue weighted by Crippen LogP contribution is -2.40. The quantitative estimate of drug-likeness (QED) is 0.164. The molecule has 1 aliphatic rings. The Morgan fingerprint density at radius 3 is 2.36 bits per heavy atom. The number of aromatic nitrogens is 1. The van der Waals surface area contributed by atoms with E-state index in [4.69, 9.17) is 11.6 Å². The van der Waals surface area contributed by atoms with Crippen LogP contribution in [0.3, 0.4) is 0 Å². The van der Waals surface area contributed by atoms with Gasteiger partial charge in [0, 0.05) is 27.7 Å². The molecule has 0 fully saturated rings. The third-order valence-corrected chi connectivity index (χ3v) is 7.59. The van der Waals surface area contributed by atoms with Gasteiger partial charge in [0.1, 0.15) is 23.9 Å². The Morgan fingerprint density at radius 1 is 0.932 bits per heavy atom. The Labute approximate surface area is 259 Å². The summed E-state index contributed by atoms with van der Waals surface area (Å²) in [6.45, 7) is -0.408. The number of carbonyl (C=O) groups excluding carboxylic acids is 3. The number of benzene rings is 3. The highest BCUT2D eigenvalue weighted by atomic mass is 79.9. The van der Waals surface area contributed by atoms with Crippen molar-refractivity contribution in [3.8, 4) is 0 Å². The van der Waals surface area contributed by atoms with Gasteiger partial charge < -0.3 is 25.8 Å². The molecule has 0 radical (unpaired) electrons. The molecule has 5 rings (SSSR count). The molecule has 1 atom stereocenters. The van der Waals surface area contributed by atoms with Crippen molar-refractivity contribution < 1.29 is 36.3 Å². The van der Waals surface area contributed by atoms with Gasteiger partial charge in [0.2, 0.25) is 5.91 Å². The number of halogens is 7. The summed E-state index contributed by atoms with van der Waals surface area (Å²) >= 11 is 9.69. The van der Waals surface area contributed by atoms with E-state index in [0.717, 1.165) is 16.6 Å². The predicted molar refractivity (Wildman–Crippen MR) is 157 cm³/mol. The van der Waals surface area contributed by atoms with Crippen LogP contribution in [0, 0.1) is 11.6 Å². The molecular weight excluding hydrogens is 677 g/mol. The van der Waals surface area contributed by atoms with Crippen LogP contribution in [0.25, 0.3) is 0 Å². The minimum absolute atomic E-state index is 0.0445. The fraction of sp³-hybridized carbons (Fsp3) is 0.138. The first-order valence-corrected chi connectivity index (χ1v) is 13.9. The summed E-state index contributed by atoms with van der Waals surface area (Å²) in [6, 6.07) is 9.77. The molecule has 0 spiro atoms. The minimum atomic E-state index is -4.93. The Balaban J connectivity index is 1.63. The van der Waals surface area contributed by atoms with E-state index in [-0.39, 0.29) is 33.7 Å². The van der Waals surface area contributed by atoms with Crippen molar-refractivity contribution in [2.24, 2.45) is 0 Å². The molecule has 0 saturated heterocycles. The monoisotopic (exact) mass is 695 g/mol. The first kappa shape index (κ1) is 31.0. The fourth-order valence-electron chi connectivity index (χ4n) is 4.81. The van der Waals surface area contributed by atoms with Crippen molar-refractivity contribution in [3.05, 3.63) is 110 Å². The van der Waals surface area contributed by atoms with Crippen molar-refractivity contribution in [1.29, 1.82) is 0 Å². The van der Waals surface area contributed by atoms with Crippen LogP contribution in [0.15, 0.2) is 65.1 Å². The highest BCUT2D eigenvalue weighted by Gasteiger charge is 2.36. The van der Waals surface area contributed by atoms with Gasteiger partial charge in [-0.25, -0.2) is 8.78 Å². The molecule has 15 heteroatoms. The fourth-order valence-corrected chi connectivity index (χ4v) is 5.40. The number of hydrogen-bond donors (Lipinski definition) is 4. The highest BCUT2D eigenvalue weighted by molar-refractivity contribution is 9.10. The van der Waals surface area contributed by atoms with Gasteiger partial charge in [0.05, 0.1) is 34.4 Å². The van der Waals surface area contributed by atoms with Crippen LogP contribution in [-0.2, 0) is 17.5 Å². The van der Waals surface area contributed by atoms with Gasteiger partial charge in [-0.05, 0) is 60.7 Å². The Kier molecular flexibility index (Phi) is 8.40. The standard InChI is InChI=1S/C29H20BrClF5N5O3/c1-37-21-9-15(30)2-5-20(21)38-28(44)23-11-22(39-27(43)13-6-14(29(34,35)36)8-17(33)7-13)26-25(40-24(42)12-41(23)26)18-10-16(32)3-4-19(18)31/h2-11,25,37H,12H2,1H3,(H,38,44)(H,39,43)(H,40,42). The maximum absolute atomic E-state index is 14.3. The van der Waals surface area contributed by atoms with E-state index in [2.05, 4.69) is 37.2 Å². The molecule has 0 saturated carbocycles. The largest absolute Gasteiger partial charge is 0.416 e. The summed E-state index contributed by atoms with van der Waals surface area (Å²) < 4.78 is 70.4. The number of anilines is 3. The summed E-state index contributed by atoms with van der Waals surface area (Å²) in [5.41, 5.74) is -1.21. The van der Waals surface area contributed by atoms with Gasteiger partial charge in [0.25, 0.3) is 11.8 Å². The molecule has 1 aromatic heterocycles. The van der Waals surface area contributed by atoms with E-state index in [1.54, 1.807) is 25.2 Å². The number of nitrogens with one attached hydrogen (secondary N) is 4. The Hall–Kier alpha value is -4.43. The first-order valence-electron chi connectivity index (χ1n) is 12.7. The minimum Gasteiger partial charge on any atom is -0.386 e. The zero-order chi connectivity index (χ0) is 31.9. The third kappa shape index (κ3) is 6.26. The third-order valence-electron chi connectivity index (χ3n) is 6.76. The second kappa shape index (κ2) is 11.9. The molecule has 3 amide bonds. The van der Waals surface area contributed by atoms with Crippen molar-refractivity contribution in [3.63, 3.8) is 0 Å². The number of carbonyl (C=O) groups is 3. The molecule has 44 heavy (non-hydrogen) atoms. The summed E-state index contributed by atoms with van der Waals surface area (Å²) in [5, 5.41) is 10.8. The Morgan fingerprint density at radius 2 is 1.66 bits per heavy atom. The summed E-state index contributed by atoms with van der Waals surface area (Å²) in [4.78, 5) is 39.7. The van der Waals surface area contributed by atoms with E-state index in [9.17, 15) is 36.3 Å². The predicted octanol–water partition coefficient (Wildman–Crippen LogP) is 6.97. The number of rotatable bonds is 6. The van der Waals surface area contributed by atoms with E-state index in [0.29, 0.717) is 23.5 Å². The molecule has 3 aromatic carbocycles. The number of amides is 3. The van der Waals surface area contributed by atoms with Crippen LogP contribution in [0.5, 0.6) is 0 Å². The molecule has 0 bridgehead atoms. The lowest BCUT2D eigenvalue weighted by atomic mass is 10.0. The maximum Gasteiger partial charge on any atom is 0.416 e. The SMILES string of the molecule is CNc1cc(Br)ccc1NC(=O)c1cc(NC(=O)c2cc(F)cc(C(F)(F)F)c2)c2n1CC(=O)NC2c1cc(F)ccc1Cl. The maximum atomic E-state index is 14.3. The molecule has 1 unspecified atom stereocenters. The average molecular weight is 697 g/mol. The lowest BCUT2D eigenvalue weighted by Gasteiger charge is -2.29. The van der Waals surface area contributed by atoms with Gasteiger partial charge in [-0.1, -0.05) is 27.5 Å². The van der Waals surface area contributed by atoms with Crippen molar-refractivity contribution >= 4 is 62.3 Å². The van der Waals surface area contributed by atoms with Crippen molar-refractivity contribution in [2.45, 2.75) is 18.8 Å². The van der Waals surface area contributed by atoms with E-state index in [1.165, 1.54) is 16.7 Å². The van der Waals surface area contributed by atoms with Crippen molar-refractivity contribution in [2.75, 3.05) is 23.0 Å². The van der Waals surface area contributed by atoms with Gasteiger partial charge in [-0.3, -0.25) is 14.4 Å². The number of fused-ring (bicyclic) bond motifs is 1. The topological polar surface area (TPSA) is 104 Å². The van der Waals surface area contributed by atoms with Crippen LogP contribution < -0.4 is 21.3 Å². The van der Waals surface area contributed by atoms with Gasteiger partial charge in [-0.15, -0.1) is 0 Å². The molecule has 2 heterocycles. The van der Waals surface area contributed by atoms with Crippen LogP contribution in [0.4, 0.5) is 39.0 Å². The molecule has 0 aliphatic carbocycles. The zero-order valence-electron chi connectivity index (χ0n) is 22.4. The second-order valence-electron chi connectivity index (χ2n) is 9.66. The summed E-state index contributed by atoms with van der Waals surface area (Å²) in [5.74, 6) is -4.42. The average Bonchev–Trinajstić information content (AvgIpc) is 3.31. The number of nitrogens with zero attached hydrogens (tertiary/aromatic N) is 1. The van der Waals surface area contributed by atoms with E-state index in [1.807, 2.05) is 0 Å². The molecular formula is C29H20BrClF5N5O3. The smallest absolute Gasteiger partial charge is 0.386 e. The first-order chi connectivity index (χ1) is 20.7. The van der Waals surface area contributed by atoms with Crippen LogP contribution in [-0.4, -0.2) is 29.3 Å². The molecule has 4 aromatic rings. The van der Waals surface area contributed by atoms with Gasteiger partial charge in [0.15, 0.2) is 0 Å². The van der Waals surface area contributed by atoms with Gasteiger partial charge in [-0.2, -0.15) is 13.2 Å². The highest BCUT2D eigenvalue weighted by Crippen LogP contribution is 2.38.